The number of hydrogen-bond donors (Lipinski definition) is 3. The van der Waals surface area contributed by atoms with Crippen LogP contribution in [0.25, 0.3) is 0 Å². The van der Waals surface area contributed by atoms with Crippen molar-refractivity contribution in [2.24, 2.45) is 17.4 Å². The predicted octanol–water partition coefficient (Wildman–Crippen LogP) is -0.218. The van der Waals surface area contributed by atoms with Gasteiger partial charge < -0.3 is 21.6 Å². The van der Waals surface area contributed by atoms with E-state index in [4.69, 9.17) is 11.5 Å². The fourth-order valence-electron chi connectivity index (χ4n) is 1.27. The molecule has 0 aromatic rings. The number of unbranched alkanes of at least 4 members (excludes halogenated alkanes) is 1. The summed E-state index contributed by atoms with van der Waals surface area (Å²) in [6.07, 6.45) is 3.04. The highest BCUT2D eigenvalue weighted by atomic mass is 16.2. The number of nitrogens with two attached hydrogens (primary N) is 2. The molecule has 94 valence electrons. The Morgan fingerprint density at radius 3 is 2.44 bits per heavy atom. The first kappa shape index (κ1) is 15.1. The summed E-state index contributed by atoms with van der Waals surface area (Å²) in [5.74, 6) is -0.180. The highest BCUT2D eigenvalue weighted by Gasteiger charge is 2.19. The van der Waals surface area contributed by atoms with Gasteiger partial charge in [-0.3, -0.25) is 4.79 Å². The number of nitrogens with one attached hydrogen (secondary N) is 1. The Labute approximate surface area is 96.9 Å². The number of aldehydes is 1. The summed E-state index contributed by atoms with van der Waals surface area (Å²) in [6.45, 7) is 4.36. The summed E-state index contributed by atoms with van der Waals surface area (Å²) in [4.78, 5) is 22.3. The Kier molecular flexibility index (Phi) is 7.76. The molecule has 16 heavy (non-hydrogen) atoms. The van der Waals surface area contributed by atoms with Gasteiger partial charge in [-0.05, 0) is 25.3 Å². The molecule has 0 aromatic carbocycles. The second kappa shape index (κ2) is 8.24. The van der Waals surface area contributed by atoms with Crippen LogP contribution in [0.4, 0.5) is 0 Å². The van der Waals surface area contributed by atoms with Crippen LogP contribution < -0.4 is 16.8 Å². The van der Waals surface area contributed by atoms with Crippen molar-refractivity contribution in [3.63, 3.8) is 0 Å². The molecule has 0 unspecified atom stereocenters. The van der Waals surface area contributed by atoms with E-state index in [1.807, 2.05) is 13.8 Å². The van der Waals surface area contributed by atoms with Crippen LogP contribution >= 0.6 is 0 Å². The molecule has 1 amide bonds. The number of hydrogen-bond acceptors (Lipinski definition) is 4. The smallest absolute Gasteiger partial charge is 0.237 e. The van der Waals surface area contributed by atoms with Crippen LogP contribution in [0.15, 0.2) is 0 Å². The van der Waals surface area contributed by atoms with E-state index >= 15 is 0 Å². The summed E-state index contributed by atoms with van der Waals surface area (Å²) in [5.41, 5.74) is 11.0. The minimum atomic E-state index is -0.548. The molecule has 0 rings (SSSR count). The lowest BCUT2D eigenvalue weighted by molar-refractivity contribution is -0.125. The van der Waals surface area contributed by atoms with Gasteiger partial charge in [0.15, 0.2) is 0 Å². The van der Waals surface area contributed by atoms with E-state index in [9.17, 15) is 9.59 Å². The topological polar surface area (TPSA) is 98.2 Å². The molecule has 0 saturated heterocycles. The van der Waals surface area contributed by atoms with Crippen molar-refractivity contribution in [2.75, 3.05) is 6.54 Å². The third kappa shape index (κ3) is 5.82. The number of carbonyl (C=O) groups excluding carboxylic acids is 2. The lowest BCUT2D eigenvalue weighted by atomic mass is 10.0. The molecular weight excluding hydrogens is 206 g/mol. The SMILES string of the molecule is CC(C)[C@@H](C=O)NC(=O)[C@@H](N)CCCCN. The van der Waals surface area contributed by atoms with Crippen molar-refractivity contribution < 1.29 is 9.59 Å². The van der Waals surface area contributed by atoms with Crippen molar-refractivity contribution >= 4 is 12.2 Å². The first-order valence-electron chi connectivity index (χ1n) is 5.74. The molecule has 5 heteroatoms. The molecule has 0 aromatic heterocycles. The van der Waals surface area contributed by atoms with Crippen LogP contribution in [0, 0.1) is 5.92 Å². The maximum atomic E-state index is 11.6. The van der Waals surface area contributed by atoms with Crippen LogP contribution in [0.5, 0.6) is 0 Å². The van der Waals surface area contributed by atoms with E-state index in [1.165, 1.54) is 0 Å². The Morgan fingerprint density at radius 2 is 2.00 bits per heavy atom. The third-order valence-corrected chi connectivity index (χ3v) is 2.48. The highest BCUT2D eigenvalue weighted by Crippen LogP contribution is 2.01. The molecule has 0 saturated carbocycles. The van der Waals surface area contributed by atoms with E-state index < -0.39 is 12.1 Å². The molecule has 0 aliphatic carbocycles. The molecule has 2 atom stereocenters. The minimum Gasteiger partial charge on any atom is -0.345 e. The maximum Gasteiger partial charge on any atom is 0.237 e. The second-order valence-electron chi connectivity index (χ2n) is 4.31. The van der Waals surface area contributed by atoms with Crippen LogP contribution in [0.1, 0.15) is 33.1 Å². The maximum absolute atomic E-state index is 11.6. The molecule has 0 spiro atoms. The van der Waals surface area contributed by atoms with Gasteiger partial charge in [0.1, 0.15) is 6.29 Å². The van der Waals surface area contributed by atoms with Crippen LogP contribution in [0.3, 0.4) is 0 Å². The van der Waals surface area contributed by atoms with Crippen LogP contribution in [-0.2, 0) is 9.59 Å². The van der Waals surface area contributed by atoms with Crippen molar-refractivity contribution in [3.8, 4) is 0 Å². The summed E-state index contributed by atoms with van der Waals surface area (Å²) < 4.78 is 0. The molecule has 0 heterocycles. The van der Waals surface area contributed by atoms with Gasteiger partial charge in [0, 0.05) is 0 Å². The summed E-state index contributed by atoms with van der Waals surface area (Å²) in [7, 11) is 0. The molecular formula is C11H23N3O2. The van der Waals surface area contributed by atoms with Crippen molar-refractivity contribution in [1.82, 2.24) is 5.32 Å². The van der Waals surface area contributed by atoms with Gasteiger partial charge in [-0.1, -0.05) is 20.3 Å². The first-order valence-corrected chi connectivity index (χ1v) is 5.74. The zero-order valence-corrected chi connectivity index (χ0v) is 10.1. The number of rotatable bonds is 8. The van der Waals surface area contributed by atoms with Crippen molar-refractivity contribution in [2.45, 2.75) is 45.2 Å². The first-order chi connectivity index (χ1) is 7.52. The Balaban J connectivity index is 3.98. The fourth-order valence-corrected chi connectivity index (χ4v) is 1.27. The van der Waals surface area contributed by atoms with Gasteiger partial charge in [0.05, 0.1) is 12.1 Å². The standard InChI is InChI=1S/C11H23N3O2/c1-8(2)10(7-15)14-11(16)9(13)5-3-4-6-12/h7-10H,3-6,12-13H2,1-2H3,(H,14,16)/t9-,10+/m0/s1. The van der Waals surface area contributed by atoms with E-state index in [-0.39, 0.29) is 11.8 Å². The molecule has 5 nitrogen and oxygen atoms in total. The summed E-state index contributed by atoms with van der Waals surface area (Å²) in [6, 6.07) is -0.999. The molecule has 5 N–H and O–H groups in total. The highest BCUT2D eigenvalue weighted by molar-refractivity contribution is 5.84. The van der Waals surface area contributed by atoms with E-state index in [0.29, 0.717) is 13.0 Å². The Bertz CT molecular complexity index is 219. The van der Waals surface area contributed by atoms with Gasteiger partial charge >= 0.3 is 0 Å². The molecule has 0 aliphatic heterocycles. The Hall–Kier alpha value is -0.940. The predicted molar refractivity (Wildman–Crippen MR) is 63.7 cm³/mol. The van der Waals surface area contributed by atoms with Gasteiger partial charge in [0.2, 0.25) is 5.91 Å². The van der Waals surface area contributed by atoms with E-state index in [1.54, 1.807) is 0 Å². The van der Waals surface area contributed by atoms with Gasteiger partial charge in [-0.15, -0.1) is 0 Å². The van der Waals surface area contributed by atoms with E-state index in [2.05, 4.69) is 5.32 Å². The summed E-state index contributed by atoms with van der Waals surface area (Å²) >= 11 is 0. The normalized spacial score (nSPS) is 14.6. The molecule has 0 bridgehead atoms. The second-order valence-corrected chi connectivity index (χ2v) is 4.31. The molecule has 0 fully saturated rings. The van der Waals surface area contributed by atoms with E-state index in [0.717, 1.165) is 19.1 Å². The van der Waals surface area contributed by atoms with Gasteiger partial charge in [-0.25, -0.2) is 0 Å². The zero-order chi connectivity index (χ0) is 12.6. The lowest BCUT2D eigenvalue weighted by Crippen LogP contribution is -2.47. The summed E-state index contributed by atoms with van der Waals surface area (Å²) in [5, 5.41) is 2.63. The average Bonchev–Trinajstić information content (AvgIpc) is 2.25. The third-order valence-electron chi connectivity index (χ3n) is 2.48. The number of amides is 1. The quantitative estimate of drug-likeness (QED) is 0.396. The average molecular weight is 229 g/mol. The molecule has 0 radical (unpaired) electrons. The lowest BCUT2D eigenvalue weighted by Gasteiger charge is -2.19. The monoisotopic (exact) mass is 229 g/mol. The largest absolute Gasteiger partial charge is 0.345 e. The van der Waals surface area contributed by atoms with Crippen molar-refractivity contribution in [1.29, 1.82) is 0 Å². The van der Waals surface area contributed by atoms with Gasteiger partial charge in [-0.2, -0.15) is 0 Å². The minimum absolute atomic E-state index is 0.0812. The van der Waals surface area contributed by atoms with Crippen LogP contribution in [-0.4, -0.2) is 30.8 Å². The van der Waals surface area contributed by atoms with Crippen molar-refractivity contribution in [3.05, 3.63) is 0 Å². The number of carbonyl (C=O) groups is 2. The zero-order valence-electron chi connectivity index (χ0n) is 10.1. The Morgan fingerprint density at radius 1 is 1.38 bits per heavy atom. The molecule has 0 aliphatic rings. The fraction of sp³-hybridized carbons (Fsp3) is 0.818. The van der Waals surface area contributed by atoms with Gasteiger partial charge in [0.25, 0.3) is 0 Å². The van der Waals surface area contributed by atoms with Crippen LogP contribution in [0.2, 0.25) is 0 Å².